The molecule has 1 saturated heterocycles. The van der Waals surface area contributed by atoms with Crippen LogP contribution < -0.4 is 10.0 Å². The Morgan fingerprint density at radius 3 is 2.72 bits per heavy atom. The summed E-state index contributed by atoms with van der Waals surface area (Å²) in [6.07, 6.45) is 3.89. The van der Waals surface area contributed by atoms with E-state index >= 15 is 0 Å². The van der Waals surface area contributed by atoms with Crippen molar-refractivity contribution in [1.29, 1.82) is 0 Å². The van der Waals surface area contributed by atoms with Gasteiger partial charge < -0.3 is 5.32 Å². The Balaban J connectivity index is 1.78. The maximum Gasteiger partial charge on any atom is 0.235 e. The minimum Gasteiger partial charge on any atom is -0.310 e. The molecule has 2 aliphatic rings. The molecule has 3 rings (SSSR count). The number of hydrogen-bond acceptors (Lipinski definition) is 3. The largest absolute Gasteiger partial charge is 0.310 e. The van der Waals surface area contributed by atoms with Gasteiger partial charge in [0.2, 0.25) is 10.0 Å². The van der Waals surface area contributed by atoms with Gasteiger partial charge in [-0.25, -0.2) is 8.42 Å². The van der Waals surface area contributed by atoms with E-state index in [0.29, 0.717) is 11.7 Å². The molecule has 0 spiro atoms. The molecule has 0 amide bonds. The van der Waals surface area contributed by atoms with Crippen molar-refractivity contribution in [2.45, 2.75) is 37.0 Å². The van der Waals surface area contributed by atoms with Gasteiger partial charge in [-0.15, -0.1) is 0 Å². The van der Waals surface area contributed by atoms with Crippen molar-refractivity contribution in [2.24, 2.45) is 0 Å². The molecule has 1 atom stereocenters. The summed E-state index contributed by atoms with van der Waals surface area (Å²) in [5, 5.41) is 3.25. The molecular weight excluding hydrogens is 248 g/mol. The van der Waals surface area contributed by atoms with E-state index in [1.54, 1.807) is 0 Å². The van der Waals surface area contributed by atoms with E-state index < -0.39 is 10.0 Å². The lowest BCUT2D eigenvalue weighted by Crippen LogP contribution is -2.18. The minimum absolute atomic E-state index is 0.175. The Kier molecular flexibility index (Phi) is 3.03. The molecule has 98 valence electrons. The number of nitrogens with one attached hydrogen (secondary N) is 2. The van der Waals surface area contributed by atoms with Crippen LogP contribution in [0, 0.1) is 0 Å². The average molecular weight is 266 g/mol. The number of anilines is 1. The van der Waals surface area contributed by atoms with Crippen molar-refractivity contribution in [2.75, 3.05) is 11.3 Å². The zero-order valence-electron chi connectivity index (χ0n) is 10.2. The molecule has 1 aromatic rings. The van der Waals surface area contributed by atoms with Crippen LogP contribution in [-0.4, -0.2) is 20.2 Å². The minimum atomic E-state index is -3.15. The zero-order chi connectivity index (χ0) is 12.6. The van der Waals surface area contributed by atoms with Crippen LogP contribution in [0.15, 0.2) is 24.3 Å². The maximum atomic E-state index is 11.9. The van der Waals surface area contributed by atoms with Gasteiger partial charge in [-0.2, -0.15) is 0 Å². The van der Waals surface area contributed by atoms with E-state index in [2.05, 4.69) is 16.1 Å². The first-order valence-electron chi connectivity index (χ1n) is 6.50. The highest BCUT2D eigenvalue weighted by molar-refractivity contribution is 7.93. The van der Waals surface area contributed by atoms with E-state index in [1.165, 1.54) is 12.0 Å². The molecule has 18 heavy (non-hydrogen) atoms. The summed E-state index contributed by atoms with van der Waals surface area (Å²) in [4.78, 5) is 0. The highest BCUT2D eigenvalue weighted by Crippen LogP contribution is 2.31. The second-order valence-corrected chi connectivity index (χ2v) is 7.08. The summed E-state index contributed by atoms with van der Waals surface area (Å²) in [6.45, 7) is 1.04. The van der Waals surface area contributed by atoms with Gasteiger partial charge in [-0.05, 0) is 49.9 Å². The van der Waals surface area contributed by atoms with Gasteiger partial charge in [0.15, 0.2) is 0 Å². The van der Waals surface area contributed by atoms with Crippen molar-refractivity contribution in [3.63, 3.8) is 0 Å². The van der Waals surface area contributed by atoms with Gasteiger partial charge in [0.25, 0.3) is 0 Å². The zero-order valence-corrected chi connectivity index (χ0v) is 11.0. The first-order valence-corrected chi connectivity index (χ1v) is 8.05. The van der Waals surface area contributed by atoms with Crippen LogP contribution >= 0.6 is 0 Å². The predicted octanol–water partition coefficient (Wildman–Crippen LogP) is 2.02. The van der Waals surface area contributed by atoms with E-state index in [1.807, 2.05) is 18.2 Å². The second kappa shape index (κ2) is 4.55. The molecule has 2 N–H and O–H groups in total. The van der Waals surface area contributed by atoms with Gasteiger partial charge in [-0.1, -0.05) is 12.1 Å². The predicted molar refractivity (Wildman–Crippen MR) is 72.0 cm³/mol. The molecule has 1 heterocycles. The molecule has 2 fully saturated rings. The molecule has 4 nitrogen and oxygen atoms in total. The van der Waals surface area contributed by atoms with Gasteiger partial charge in [0.1, 0.15) is 0 Å². The molecule has 0 aromatic heterocycles. The summed E-state index contributed by atoms with van der Waals surface area (Å²) in [7, 11) is -3.15. The summed E-state index contributed by atoms with van der Waals surface area (Å²) in [6, 6.07) is 8.11. The number of benzene rings is 1. The number of hydrogen-bond donors (Lipinski definition) is 2. The fourth-order valence-corrected chi connectivity index (χ4v) is 3.79. The Morgan fingerprint density at radius 1 is 1.22 bits per heavy atom. The molecule has 0 bridgehead atoms. The van der Waals surface area contributed by atoms with Crippen molar-refractivity contribution >= 4 is 15.7 Å². The van der Waals surface area contributed by atoms with E-state index in [9.17, 15) is 8.42 Å². The lowest BCUT2D eigenvalue weighted by atomic mass is 10.1. The molecule has 1 saturated carbocycles. The first-order chi connectivity index (χ1) is 8.65. The standard InChI is InChI=1S/C13H18N2O2S/c16-18(17,12-6-7-12)15-11-4-1-3-10(9-11)13-5-2-8-14-13/h1,3-4,9,12-15H,2,5-8H2/t13-/m1/s1. The Bertz CT molecular complexity index is 532. The molecule has 0 unspecified atom stereocenters. The van der Waals surface area contributed by atoms with Crippen molar-refractivity contribution in [3.8, 4) is 0 Å². The fourth-order valence-electron chi connectivity index (χ4n) is 2.41. The third-order valence-corrected chi connectivity index (χ3v) is 5.44. The van der Waals surface area contributed by atoms with Crippen LogP contribution in [0.4, 0.5) is 5.69 Å². The SMILES string of the molecule is O=S(=O)(Nc1cccc([C@H]2CCCN2)c1)C1CC1. The van der Waals surface area contributed by atoms with Crippen molar-refractivity contribution < 1.29 is 8.42 Å². The summed E-state index contributed by atoms with van der Waals surface area (Å²) in [5.41, 5.74) is 1.86. The summed E-state index contributed by atoms with van der Waals surface area (Å²) >= 11 is 0. The highest BCUT2D eigenvalue weighted by atomic mass is 32.2. The van der Waals surface area contributed by atoms with Crippen LogP contribution in [0.5, 0.6) is 0 Å². The molecular formula is C13H18N2O2S. The summed E-state index contributed by atoms with van der Waals surface area (Å²) < 4.78 is 26.4. The van der Waals surface area contributed by atoms with Crippen LogP contribution in [0.3, 0.4) is 0 Å². The molecule has 5 heteroatoms. The Morgan fingerprint density at radius 2 is 2.06 bits per heavy atom. The van der Waals surface area contributed by atoms with E-state index in [4.69, 9.17) is 0 Å². The van der Waals surface area contributed by atoms with Crippen molar-refractivity contribution in [1.82, 2.24) is 5.32 Å². The van der Waals surface area contributed by atoms with Crippen LogP contribution in [0.25, 0.3) is 0 Å². The topological polar surface area (TPSA) is 58.2 Å². The van der Waals surface area contributed by atoms with E-state index in [0.717, 1.165) is 25.8 Å². The van der Waals surface area contributed by atoms with Gasteiger partial charge in [0.05, 0.1) is 5.25 Å². The van der Waals surface area contributed by atoms with Crippen LogP contribution in [-0.2, 0) is 10.0 Å². The van der Waals surface area contributed by atoms with Crippen LogP contribution in [0.2, 0.25) is 0 Å². The maximum absolute atomic E-state index is 11.9. The normalized spacial score (nSPS) is 24.1. The lowest BCUT2D eigenvalue weighted by Gasteiger charge is -2.13. The van der Waals surface area contributed by atoms with Crippen LogP contribution in [0.1, 0.15) is 37.3 Å². The molecule has 1 aliphatic heterocycles. The van der Waals surface area contributed by atoms with Gasteiger partial charge in [0, 0.05) is 11.7 Å². The molecule has 1 aromatic carbocycles. The van der Waals surface area contributed by atoms with E-state index in [-0.39, 0.29) is 5.25 Å². The third kappa shape index (κ3) is 2.52. The number of sulfonamides is 1. The average Bonchev–Trinajstić information content (AvgIpc) is 3.06. The number of rotatable bonds is 4. The Hall–Kier alpha value is -1.07. The quantitative estimate of drug-likeness (QED) is 0.876. The fraction of sp³-hybridized carbons (Fsp3) is 0.538. The highest BCUT2D eigenvalue weighted by Gasteiger charge is 2.35. The monoisotopic (exact) mass is 266 g/mol. The Labute approximate surface area is 108 Å². The third-order valence-electron chi connectivity index (χ3n) is 3.57. The molecule has 1 aliphatic carbocycles. The smallest absolute Gasteiger partial charge is 0.235 e. The van der Waals surface area contributed by atoms with Gasteiger partial charge in [-0.3, -0.25) is 4.72 Å². The molecule has 0 radical (unpaired) electrons. The van der Waals surface area contributed by atoms with Gasteiger partial charge >= 0.3 is 0 Å². The second-order valence-electron chi connectivity index (χ2n) is 5.12. The summed E-state index contributed by atoms with van der Waals surface area (Å²) in [5.74, 6) is 0. The van der Waals surface area contributed by atoms with Crippen molar-refractivity contribution in [3.05, 3.63) is 29.8 Å². The lowest BCUT2D eigenvalue weighted by molar-refractivity contribution is 0.600. The first kappa shape index (κ1) is 12.0.